The van der Waals surface area contributed by atoms with Crippen LogP contribution in [0, 0.1) is 0 Å². The highest BCUT2D eigenvalue weighted by Crippen LogP contribution is 2.21. The molecular formula is C10H13BrO2. The minimum atomic E-state index is 0.611. The van der Waals surface area contributed by atoms with E-state index in [0.29, 0.717) is 13.2 Å². The lowest BCUT2D eigenvalue weighted by molar-refractivity contribution is 0.184. The summed E-state index contributed by atoms with van der Waals surface area (Å²) in [6, 6.07) is 5.95. The van der Waals surface area contributed by atoms with E-state index in [2.05, 4.69) is 15.9 Å². The molecule has 0 bridgehead atoms. The van der Waals surface area contributed by atoms with Crippen LogP contribution in [0.5, 0.6) is 5.75 Å². The Labute approximate surface area is 87.0 Å². The first kappa shape index (κ1) is 10.5. The van der Waals surface area contributed by atoms with Crippen LogP contribution >= 0.6 is 15.9 Å². The Morgan fingerprint density at radius 2 is 2.08 bits per heavy atom. The van der Waals surface area contributed by atoms with Gasteiger partial charge in [0.05, 0.1) is 13.2 Å². The molecular weight excluding hydrogens is 232 g/mol. The Balaban J connectivity index is 2.83. The average Bonchev–Trinajstić information content (AvgIpc) is 2.04. The third kappa shape index (κ3) is 3.36. The fraction of sp³-hybridized carbons (Fsp3) is 0.400. The number of hydrogen-bond acceptors (Lipinski definition) is 2. The number of rotatable bonds is 4. The first-order valence-corrected chi connectivity index (χ1v) is 4.96. The molecule has 0 amide bonds. The molecule has 0 spiro atoms. The minimum absolute atomic E-state index is 0.611. The van der Waals surface area contributed by atoms with Crippen LogP contribution in [0.1, 0.15) is 12.5 Å². The molecule has 1 rings (SSSR count). The van der Waals surface area contributed by atoms with Crippen LogP contribution in [0.2, 0.25) is 0 Å². The zero-order valence-corrected chi connectivity index (χ0v) is 9.43. The highest BCUT2D eigenvalue weighted by Gasteiger charge is 1.99. The fourth-order valence-corrected chi connectivity index (χ4v) is 1.64. The number of benzene rings is 1. The standard InChI is InChI=1S/C10H13BrO2/c1-3-13-10-5-8(7-12-2)4-9(11)6-10/h4-6H,3,7H2,1-2H3. The molecule has 0 aliphatic heterocycles. The summed E-state index contributed by atoms with van der Waals surface area (Å²) in [6.07, 6.45) is 0. The average molecular weight is 245 g/mol. The van der Waals surface area contributed by atoms with Crippen molar-refractivity contribution < 1.29 is 9.47 Å². The van der Waals surface area contributed by atoms with E-state index in [-0.39, 0.29) is 0 Å². The highest BCUT2D eigenvalue weighted by atomic mass is 79.9. The lowest BCUT2D eigenvalue weighted by atomic mass is 10.2. The Morgan fingerprint density at radius 3 is 2.69 bits per heavy atom. The summed E-state index contributed by atoms with van der Waals surface area (Å²) < 4.78 is 11.4. The van der Waals surface area contributed by atoms with E-state index in [1.54, 1.807) is 7.11 Å². The van der Waals surface area contributed by atoms with Crippen molar-refractivity contribution in [2.75, 3.05) is 13.7 Å². The van der Waals surface area contributed by atoms with Crippen molar-refractivity contribution in [3.05, 3.63) is 28.2 Å². The fourth-order valence-electron chi connectivity index (χ4n) is 1.12. The molecule has 0 aliphatic rings. The van der Waals surface area contributed by atoms with Crippen LogP contribution < -0.4 is 4.74 Å². The molecule has 0 radical (unpaired) electrons. The van der Waals surface area contributed by atoms with Crippen LogP contribution in [0.25, 0.3) is 0 Å². The number of methoxy groups -OCH3 is 1. The van der Waals surface area contributed by atoms with Crippen molar-refractivity contribution in [1.29, 1.82) is 0 Å². The summed E-state index contributed by atoms with van der Waals surface area (Å²) >= 11 is 3.42. The van der Waals surface area contributed by atoms with Crippen LogP contribution in [-0.2, 0) is 11.3 Å². The molecule has 0 unspecified atom stereocenters. The lowest BCUT2D eigenvalue weighted by Crippen LogP contribution is -1.94. The molecule has 0 atom stereocenters. The van der Waals surface area contributed by atoms with Gasteiger partial charge in [0.1, 0.15) is 5.75 Å². The normalized spacial score (nSPS) is 10.1. The van der Waals surface area contributed by atoms with Crippen molar-refractivity contribution in [2.24, 2.45) is 0 Å². The van der Waals surface area contributed by atoms with Crippen molar-refractivity contribution in [3.8, 4) is 5.75 Å². The monoisotopic (exact) mass is 244 g/mol. The van der Waals surface area contributed by atoms with E-state index >= 15 is 0 Å². The van der Waals surface area contributed by atoms with E-state index in [4.69, 9.17) is 9.47 Å². The topological polar surface area (TPSA) is 18.5 Å². The molecule has 13 heavy (non-hydrogen) atoms. The molecule has 1 aromatic rings. The van der Waals surface area contributed by atoms with Crippen LogP contribution in [0.4, 0.5) is 0 Å². The van der Waals surface area contributed by atoms with E-state index < -0.39 is 0 Å². The van der Waals surface area contributed by atoms with E-state index in [9.17, 15) is 0 Å². The highest BCUT2D eigenvalue weighted by molar-refractivity contribution is 9.10. The third-order valence-corrected chi connectivity index (χ3v) is 2.01. The van der Waals surface area contributed by atoms with Gasteiger partial charge in [0, 0.05) is 11.6 Å². The molecule has 1 aromatic carbocycles. The van der Waals surface area contributed by atoms with Gasteiger partial charge in [-0.25, -0.2) is 0 Å². The molecule has 0 saturated heterocycles. The van der Waals surface area contributed by atoms with Crippen molar-refractivity contribution in [1.82, 2.24) is 0 Å². The molecule has 0 heterocycles. The molecule has 0 fully saturated rings. The van der Waals surface area contributed by atoms with E-state index in [1.165, 1.54) is 0 Å². The number of hydrogen-bond donors (Lipinski definition) is 0. The first-order valence-electron chi connectivity index (χ1n) is 4.17. The molecule has 0 saturated carbocycles. The van der Waals surface area contributed by atoms with E-state index in [1.807, 2.05) is 25.1 Å². The van der Waals surface area contributed by atoms with Gasteiger partial charge in [-0.15, -0.1) is 0 Å². The number of halogens is 1. The zero-order valence-electron chi connectivity index (χ0n) is 7.84. The van der Waals surface area contributed by atoms with Gasteiger partial charge in [-0.05, 0) is 30.7 Å². The Bertz CT molecular complexity index is 249. The molecule has 0 aromatic heterocycles. The second-order valence-corrected chi connectivity index (χ2v) is 3.58. The van der Waals surface area contributed by atoms with Gasteiger partial charge in [-0.2, -0.15) is 0 Å². The second kappa shape index (κ2) is 5.25. The van der Waals surface area contributed by atoms with Gasteiger partial charge in [0.15, 0.2) is 0 Å². The predicted octanol–water partition coefficient (Wildman–Crippen LogP) is 2.99. The smallest absolute Gasteiger partial charge is 0.120 e. The van der Waals surface area contributed by atoms with Crippen molar-refractivity contribution in [2.45, 2.75) is 13.5 Å². The SMILES string of the molecule is CCOc1cc(Br)cc(COC)c1. The summed E-state index contributed by atoms with van der Waals surface area (Å²) in [7, 11) is 1.68. The Morgan fingerprint density at radius 1 is 1.31 bits per heavy atom. The molecule has 0 aliphatic carbocycles. The molecule has 0 N–H and O–H groups in total. The van der Waals surface area contributed by atoms with Crippen LogP contribution in [0.15, 0.2) is 22.7 Å². The summed E-state index contributed by atoms with van der Waals surface area (Å²) in [5.74, 6) is 0.879. The predicted molar refractivity (Wildman–Crippen MR) is 56.0 cm³/mol. The molecule has 2 nitrogen and oxygen atoms in total. The summed E-state index contributed by atoms with van der Waals surface area (Å²) in [6.45, 7) is 3.26. The molecule has 72 valence electrons. The summed E-state index contributed by atoms with van der Waals surface area (Å²) in [4.78, 5) is 0. The van der Waals surface area contributed by atoms with Gasteiger partial charge in [-0.3, -0.25) is 0 Å². The number of ether oxygens (including phenoxy) is 2. The van der Waals surface area contributed by atoms with Gasteiger partial charge in [0.25, 0.3) is 0 Å². The first-order chi connectivity index (χ1) is 6.26. The molecule has 3 heteroatoms. The lowest BCUT2D eigenvalue weighted by Gasteiger charge is -2.06. The van der Waals surface area contributed by atoms with Gasteiger partial charge in [0.2, 0.25) is 0 Å². The Hall–Kier alpha value is -0.540. The largest absolute Gasteiger partial charge is 0.494 e. The Kier molecular flexibility index (Phi) is 4.25. The van der Waals surface area contributed by atoms with Gasteiger partial charge < -0.3 is 9.47 Å². The van der Waals surface area contributed by atoms with Gasteiger partial charge in [-0.1, -0.05) is 15.9 Å². The quantitative estimate of drug-likeness (QED) is 0.811. The van der Waals surface area contributed by atoms with Crippen LogP contribution in [0.3, 0.4) is 0 Å². The van der Waals surface area contributed by atoms with E-state index in [0.717, 1.165) is 15.8 Å². The zero-order chi connectivity index (χ0) is 9.68. The van der Waals surface area contributed by atoms with Crippen molar-refractivity contribution in [3.63, 3.8) is 0 Å². The maximum atomic E-state index is 5.39. The maximum absolute atomic E-state index is 5.39. The summed E-state index contributed by atoms with van der Waals surface area (Å²) in [5, 5.41) is 0. The second-order valence-electron chi connectivity index (χ2n) is 2.66. The summed E-state index contributed by atoms with van der Waals surface area (Å²) in [5.41, 5.74) is 1.11. The van der Waals surface area contributed by atoms with Crippen molar-refractivity contribution >= 4 is 15.9 Å². The third-order valence-electron chi connectivity index (χ3n) is 1.55. The van der Waals surface area contributed by atoms with Gasteiger partial charge >= 0.3 is 0 Å². The minimum Gasteiger partial charge on any atom is -0.494 e. The van der Waals surface area contributed by atoms with Crippen LogP contribution in [-0.4, -0.2) is 13.7 Å². The maximum Gasteiger partial charge on any atom is 0.120 e.